The van der Waals surface area contributed by atoms with Crippen LogP contribution in [0.15, 0.2) is 42.5 Å². The molecule has 0 aromatic heterocycles. The Morgan fingerprint density at radius 3 is 2.38 bits per heavy atom. The first-order valence-electron chi connectivity index (χ1n) is 4.08. The molecule has 0 aliphatic carbocycles. The fourth-order valence-electron chi connectivity index (χ4n) is 1.36. The van der Waals surface area contributed by atoms with Crippen LogP contribution in [0.3, 0.4) is 0 Å². The Morgan fingerprint density at radius 2 is 1.69 bits per heavy atom. The number of benzene rings is 2. The third-order valence-corrected chi connectivity index (χ3v) is 2.30. The summed E-state index contributed by atoms with van der Waals surface area (Å²) in [4.78, 5) is 0. The molecule has 0 aliphatic rings. The van der Waals surface area contributed by atoms with Gasteiger partial charge in [-0.3, -0.25) is 0 Å². The standard InChI is InChI=1S/C11H9ClO/c12-11(13)10-6-5-8-3-1-2-4-9(8)7-10/h1-7,11,13H. The van der Waals surface area contributed by atoms with E-state index in [0.717, 1.165) is 16.3 Å². The molecule has 0 saturated carbocycles. The van der Waals surface area contributed by atoms with Gasteiger partial charge in [-0.05, 0) is 22.4 Å². The van der Waals surface area contributed by atoms with E-state index in [-0.39, 0.29) is 0 Å². The van der Waals surface area contributed by atoms with Gasteiger partial charge in [0.15, 0.2) is 5.56 Å². The number of rotatable bonds is 1. The molecule has 66 valence electrons. The van der Waals surface area contributed by atoms with Crippen molar-refractivity contribution in [1.82, 2.24) is 0 Å². The van der Waals surface area contributed by atoms with Crippen molar-refractivity contribution in [3.63, 3.8) is 0 Å². The van der Waals surface area contributed by atoms with Gasteiger partial charge in [0.25, 0.3) is 0 Å². The molecule has 2 aromatic carbocycles. The molecule has 13 heavy (non-hydrogen) atoms. The Labute approximate surface area is 81.6 Å². The predicted molar refractivity (Wildman–Crippen MR) is 54.8 cm³/mol. The van der Waals surface area contributed by atoms with Gasteiger partial charge in [-0.2, -0.15) is 0 Å². The Balaban J connectivity index is 2.62. The highest BCUT2D eigenvalue weighted by Gasteiger charge is 2.02. The largest absolute Gasteiger partial charge is 0.373 e. The summed E-state index contributed by atoms with van der Waals surface area (Å²) in [5.74, 6) is 0. The second kappa shape index (κ2) is 3.36. The molecule has 0 aliphatic heterocycles. The molecule has 2 heteroatoms. The van der Waals surface area contributed by atoms with Crippen LogP contribution in [0.5, 0.6) is 0 Å². The highest BCUT2D eigenvalue weighted by molar-refractivity contribution is 6.19. The topological polar surface area (TPSA) is 20.2 Å². The summed E-state index contributed by atoms with van der Waals surface area (Å²) in [5, 5.41) is 11.4. The minimum Gasteiger partial charge on any atom is -0.373 e. The third-order valence-electron chi connectivity index (χ3n) is 2.05. The third kappa shape index (κ3) is 1.67. The SMILES string of the molecule is OC(Cl)c1ccc2ccccc2c1. The average molecular weight is 193 g/mol. The van der Waals surface area contributed by atoms with E-state index in [2.05, 4.69) is 0 Å². The van der Waals surface area contributed by atoms with Crippen LogP contribution in [-0.4, -0.2) is 5.11 Å². The van der Waals surface area contributed by atoms with Gasteiger partial charge in [0.05, 0.1) is 0 Å². The van der Waals surface area contributed by atoms with Crippen molar-refractivity contribution in [2.75, 3.05) is 0 Å². The van der Waals surface area contributed by atoms with Crippen molar-refractivity contribution in [2.24, 2.45) is 0 Å². The molecule has 0 radical (unpaired) electrons. The average Bonchev–Trinajstić information content (AvgIpc) is 2.17. The maximum Gasteiger partial charge on any atom is 0.153 e. The molecular formula is C11H9ClO. The molecule has 0 fully saturated rings. The van der Waals surface area contributed by atoms with Gasteiger partial charge in [0.2, 0.25) is 0 Å². The zero-order chi connectivity index (χ0) is 9.26. The van der Waals surface area contributed by atoms with Crippen LogP contribution in [0.25, 0.3) is 10.8 Å². The smallest absolute Gasteiger partial charge is 0.153 e. The first-order valence-corrected chi connectivity index (χ1v) is 4.52. The summed E-state index contributed by atoms with van der Waals surface area (Å²) >= 11 is 5.56. The molecule has 2 aromatic rings. The molecule has 2 rings (SSSR count). The van der Waals surface area contributed by atoms with Gasteiger partial charge in [0, 0.05) is 0 Å². The fourth-order valence-corrected chi connectivity index (χ4v) is 1.49. The summed E-state index contributed by atoms with van der Waals surface area (Å²) in [6.45, 7) is 0. The lowest BCUT2D eigenvalue weighted by Crippen LogP contribution is -1.86. The van der Waals surface area contributed by atoms with E-state index < -0.39 is 5.56 Å². The molecule has 1 atom stereocenters. The molecule has 0 spiro atoms. The van der Waals surface area contributed by atoms with Crippen LogP contribution in [0.4, 0.5) is 0 Å². The maximum atomic E-state index is 9.15. The van der Waals surface area contributed by atoms with Crippen LogP contribution >= 0.6 is 11.6 Å². The number of aliphatic hydroxyl groups is 1. The highest BCUT2D eigenvalue weighted by Crippen LogP contribution is 2.22. The van der Waals surface area contributed by atoms with Gasteiger partial charge in [-0.25, -0.2) is 0 Å². The first kappa shape index (κ1) is 8.54. The molecule has 0 bridgehead atoms. The Kier molecular flexibility index (Phi) is 2.21. The van der Waals surface area contributed by atoms with Crippen molar-refractivity contribution in [3.8, 4) is 0 Å². The van der Waals surface area contributed by atoms with Crippen LogP contribution < -0.4 is 0 Å². The predicted octanol–water partition coefficient (Wildman–Crippen LogP) is 3.07. The van der Waals surface area contributed by atoms with E-state index in [1.54, 1.807) is 0 Å². The van der Waals surface area contributed by atoms with E-state index >= 15 is 0 Å². The minimum atomic E-state index is -0.912. The first-order chi connectivity index (χ1) is 6.27. The molecule has 1 unspecified atom stereocenters. The van der Waals surface area contributed by atoms with Crippen molar-refractivity contribution < 1.29 is 5.11 Å². The van der Waals surface area contributed by atoms with Crippen molar-refractivity contribution in [1.29, 1.82) is 0 Å². The van der Waals surface area contributed by atoms with Crippen LogP contribution in [0, 0.1) is 0 Å². The fraction of sp³-hybridized carbons (Fsp3) is 0.0909. The Bertz CT molecular complexity index is 423. The van der Waals surface area contributed by atoms with E-state index in [0.29, 0.717) is 0 Å². The molecule has 0 amide bonds. The summed E-state index contributed by atoms with van der Waals surface area (Å²) < 4.78 is 0. The summed E-state index contributed by atoms with van der Waals surface area (Å²) in [7, 11) is 0. The van der Waals surface area contributed by atoms with Gasteiger partial charge in [0.1, 0.15) is 0 Å². The van der Waals surface area contributed by atoms with E-state index in [1.165, 1.54) is 0 Å². The van der Waals surface area contributed by atoms with Gasteiger partial charge < -0.3 is 5.11 Å². The number of hydrogen-bond donors (Lipinski definition) is 1. The van der Waals surface area contributed by atoms with E-state index in [4.69, 9.17) is 16.7 Å². The van der Waals surface area contributed by atoms with Crippen molar-refractivity contribution in [2.45, 2.75) is 5.56 Å². The molecule has 1 N–H and O–H groups in total. The molecular weight excluding hydrogens is 184 g/mol. The minimum absolute atomic E-state index is 0.736. The second-order valence-corrected chi connectivity index (χ2v) is 3.36. The Morgan fingerprint density at radius 1 is 1.00 bits per heavy atom. The number of fused-ring (bicyclic) bond motifs is 1. The van der Waals surface area contributed by atoms with Gasteiger partial charge >= 0.3 is 0 Å². The zero-order valence-corrected chi connectivity index (χ0v) is 7.70. The highest BCUT2D eigenvalue weighted by atomic mass is 35.5. The summed E-state index contributed by atoms with van der Waals surface area (Å²) in [6.07, 6.45) is 0. The van der Waals surface area contributed by atoms with Crippen LogP contribution in [0.1, 0.15) is 11.1 Å². The van der Waals surface area contributed by atoms with E-state index in [1.807, 2.05) is 42.5 Å². The number of alkyl halides is 1. The zero-order valence-electron chi connectivity index (χ0n) is 6.94. The lowest BCUT2D eigenvalue weighted by Gasteiger charge is -2.03. The molecule has 0 heterocycles. The number of aliphatic hydroxyl groups excluding tert-OH is 1. The Hall–Kier alpha value is -1.05. The van der Waals surface area contributed by atoms with Crippen molar-refractivity contribution in [3.05, 3.63) is 48.0 Å². The van der Waals surface area contributed by atoms with Gasteiger partial charge in [-0.15, -0.1) is 0 Å². The second-order valence-electron chi connectivity index (χ2n) is 2.94. The van der Waals surface area contributed by atoms with Crippen molar-refractivity contribution >= 4 is 22.4 Å². The van der Waals surface area contributed by atoms with Gasteiger partial charge in [-0.1, -0.05) is 48.0 Å². The monoisotopic (exact) mass is 192 g/mol. The number of hydrogen-bond acceptors (Lipinski definition) is 1. The van der Waals surface area contributed by atoms with Crippen LogP contribution in [-0.2, 0) is 0 Å². The lowest BCUT2D eigenvalue weighted by atomic mass is 10.1. The molecule has 1 nitrogen and oxygen atoms in total. The summed E-state index contributed by atoms with van der Waals surface area (Å²) in [5.41, 5.74) is -0.176. The van der Waals surface area contributed by atoms with Crippen LogP contribution in [0.2, 0.25) is 0 Å². The lowest BCUT2D eigenvalue weighted by molar-refractivity contribution is 0.263. The van der Waals surface area contributed by atoms with E-state index in [9.17, 15) is 0 Å². The number of halogens is 1. The normalized spacial score (nSPS) is 13.1. The molecule has 0 saturated heterocycles. The summed E-state index contributed by atoms with van der Waals surface area (Å²) in [6, 6.07) is 13.7. The quantitative estimate of drug-likeness (QED) is 0.689. The maximum absolute atomic E-state index is 9.15.